The molecule has 5 heterocycles. The number of hydrogen-bond acceptors (Lipinski definition) is 6. The number of fused-ring (bicyclic) bond motifs is 6. The van der Waals surface area contributed by atoms with Crippen LogP contribution >= 0.6 is 11.6 Å². The van der Waals surface area contributed by atoms with E-state index in [0.29, 0.717) is 17.3 Å². The predicted octanol–water partition coefficient (Wildman–Crippen LogP) is 4.23. The Labute approximate surface area is 188 Å². The lowest BCUT2D eigenvalue weighted by Crippen LogP contribution is -2.47. The van der Waals surface area contributed by atoms with E-state index in [4.69, 9.17) is 16.6 Å². The van der Waals surface area contributed by atoms with Crippen molar-refractivity contribution < 1.29 is 4.39 Å². The first-order chi connectivity index (χ1) is 15.5. The molecular formula is C22H20ClFN8. The summed E-state index contributed by atoms with van der Waals surface area (Å²) in [6.07, 6.45) is 8.26. The van der Waals surface area contributed by atoms with Gasteiger partial charge in [-0.15, -0.1) is 10.2 Å². The third-order valence-corrected chi connectivity index (χ3v) is 6.87. The summed E-state index contributed by atoms with van der Waals surface area (Å²) in [5.41, 5.74) is 1.34. The third-order valence-electron chi connectivity index (χ3n) is 6.58. The number of benzene rings is 1. The fourth-order valence-corrected chi connectivity index (χ4v) is 5.22. The molecule has 2 aliphatic heterocycles. The highest BCUT2D eigenvalue weighted by Gasteiger charge is 2.50. The smallest absolute Gasteiger partial charge is 0.237 e. The van der Waals surface area contributed by atoms with E-state index in [1.807, 2.05) is 13.1 Å². The number of aromatic nitrogens is 7. The second-order valence-electron chi connectivity index (χ2n) is 8.18. The Balaban J connectivity index is 1.53. The van der Waals surface area contributed by atoms with Crippen LogP contribution in [0.15, 0.2) is 36.8 Å². The van der Waals surface area contributed by atoms with Crippen LogP contribution in [0.4, 0.5) is 10.2 Å². The van der Waals surface area contributed by atoms with Crippen LogP contribution < -0.4 is 4.90 Å². The Hall–Kier alpha value is -3.33. The van der Waals surface area contributed by atoms with Crippen LogP contribution in [-0.2, 0) is 5.54 Å². The molecule has 3 aromatic heterocycles. The lowest BCUT2D eigenvalue weighted by molar-refractivity contribution is 0.381. The molecule has 1 saturated heterocycles. The maximum absolute atomic E-state index is 13.7. The first-order valence-electron chi connectivity index (χ1n) is 10.6. The van der Waals surface area contributed by atoms with Crippen LogP contribution in [0.3, 0.4) is 0 Å². The number of hydrogen-bond donors (Lipinski definition) is 0. The minimum absolute atomic E-state index is 0.0452. The minimum atomic E-state index is -0.469. The predicted molar refractivity (Wildman–Crippen MR) is 118 cm³/mol. The second-order valence-corrected chi connectivity index (χ2v) is 8.58. The van der Waals surface area contributed by atoms with E-state index in [0.717, 1.165) is 49.0 Å². The zero-order valence-electron chi connectivity index (χ0n) is 17.6. The number of nitrogens with zero attached hydrogens (tertiary/aromatic N) is 8. The maximum Gasteiger partial charge on any atom is 0.237 e. The molecule has 0 bridgehead atoms. The zero-order chi connectivity index (χ0) is 22.0. The van der Waals surface area contributed by atoms with Gasteiger partial charge in [-0.2, -0.15) is 4.98 Å². The first-order valence-corrected chi connectivity index (χ1v) is 11.0. The lowest BCUT2D eigenvalue weighted by Gasteiger charge is -2.42. The molecule has 0 radical (unpaired) electrons. The van der Waals surface area contributed by atoms with Gasteiger partial charge in [0.1, 0.15) is 28.7 Å². The lowest BCUT2D eigenvalue weighted by atomic mass is 9.90. The van der Waals surface area contributed by atoms with E-state index >= 15 is 0 Å². The topological polar surface area (TPSA) is 77.5 Å². The molecule has 0 amide bonds. The average molecular weight is 451 g/mol. The molecule has 10 heteroatoms. The van der Waals surface area contributed by atoms with Crippen molar-refractivity contribution in [2.75, 3.05) is 11.4 Å². The van der Waals surface area contributed by atoms with E-state index in [1.165, 1.54) is 6.07 Å². The van der Waals surface area contributed by atoms with Crippen molar-refractivity contribution in [3.63, 3.8) is 0 Å². The fourth-order valence-electron chi connectivity index (χ4n) is 5.04. The van der Waals surface area contributed by atoms with Crippen molar-refractivity contribution in [1.82, 2.24) is 34.3 Å². The van der Waals surface area contributed by atoms with E-state index in [-0.39, 0.29) is 10.6 Å². The summed E-state index contributed by atoms with van der Waals surface area (Å²) in [6.45, 7) is 5.04. The van der Waals surface area contributed by atoms with Gasteiger partial charge < -0.3 is 4.90 Å². The molecule has 1 atom stereocenters. The van der Waals surface area contributed by atoms with Crippen LogP contribution in [0.1, 0.15) is 37.8 Å². The Bertz CT molecular complexity index is 1360. The third kappa shape index (κ3) is 2.51. The molecule has 2 aliphatic rings. The van der Waals surface area contributed by atoms with Gasteiger partial charge in [-0.05, 0) is 44.4 Å². The van der Waals surface area contributed by atoms with Gasteiger partial charge in [-0.3, -0.25) is 9.13 Å². The Kier molecular flexibility index (Phi) is 4.13. The van der Waals surface area contributed by atoms with Crippen LogP contribution in [0.5, 0.6) is 0 Å². The van der Waals surface area contributed by atoms with Gasteiger partial charge in [0.05, 0.1) is 11.2 Å². The number of halogens is 2. The molecule has 162 valence electrons. The second kappa shape index (κ2) is 6.83. The summed E-state index contributed by atoms with van der Waals surface area (Å²) < 4.78 is 17.5. The van der Waals surface area contributed by atoms with Crippen LogP contribution in [0, 0.1) is 12.7 Å². The van der Waals surface area contributed by atoms with Crippen molar-refractivity contribution in [1.29, 1.82) is 0 Å². The van der Waals surface area contributed by atoms with Gasteiger partial charge >= 0.3 is 0 Å². The van der Waals surface area contributed by atoms with Gasteiger partial charge in [0.25, 0.3) is 0 Å². The summed E-state index contributed by atoms with van der Waals surface area (Å²) in [6, 6.07) is 4.54. The monoisotopic (exact) mass is 450 g/mol. The van der Waals surface area contributed by atoms with Crippen molar-refractivity contribution in [2.45, 2.75) is 38.6 Å². The SMILES string of the molecule is CC[C@@]12CCCN1c1nc(-n3ccnc3-c3ccc(F)c(Cl)c3)ncc1-n1c(C)nnc12. The van der Waals surface area contributed by atoms with Gasteiger partial charge in [0, 0.05) is 24.5 Å². The van der Waals surface area contributed by atoms with E-state index in [2.05, 4.69) is 36.6 Å². The molecule has 1 fully saturated rings. The van der Waals surface area contributed by atoms with Crippen molar-refractivity contribution in [3.05, 3.63) is 59.3 Å². The van der Waals surface area contributed by atoms with Crippen LogP contribution in [-0.4, -0.2) is 40.8 Å². The summed E-state index contributed by atoms with van der Waals surface area (Å²) >= 11 is 6.00. The van der Waals surface area contributed by atoms with Crippen LogP contribution in [0.2, 0.25) is 5.02 Å². The normalized spacial score (nSPS) is 19.1. The molecule has 32 heavy (non-hydrogen) atoms. The zero-order valence-corrected chi connectivity index (χ0v) is 18.4. The number of aryl methyl sites for hydroxylation is 1. The molecule has 0 aliphatic carbocycles. The molecule has 0 spiro atoms. The molecule has 0 N–H and O–H groups in total. The average Bonchev–Trinajstić information content (AvgIpc) is 3.54. The van der Waals surface area contributed by atoms with E-state index in [9.17, 15) is 4.39 Å². The van der Waals surface area contributed by atoms with Gasteiger partial charge in [-0.1, -0.05) is 18.5 Å². The quantitative estimate of drug-likeness (QED) is 0.465. The molecule has 8 nitrogen and oxygen atoms in total. The van der Waals surface area contributed by atoms with Gasteiger partial charge in [-0.25, -0.2) is 14.4 Å². The summed E-state index contributed by atoms with van der Waals surface area (Å²) in [7, 11) is 0. The van der Waals surface area contributed by atoms with Gasteiger partial charge in [0.15, 0.2) is 11.6 Å². The highest BCUT2D eigenvalue weighted by molar-refractivity contribution is 6.31. The molecule has 4 aromatic rings. The standard InChI is InChI=1S/C22H20ClFN8/c1-3-22-7-4-9-31(22)19-17(32-13(2)28-29-20(22)32)12-26-21(27-19)30-10-8-25-18(30)14-5-6-16(24)15(23)11-14/h5-6,8,10-12H,3-4,7,9H2,1-2H3/t22-/m0/s1. The first kappa shape index (κ1) is 19.4. The summed E-state index contributed by atoms with van der Waals surface area (Å²) in [5, 5.41) is 8.95. The van der Waals surface area contributed by atoms with Gasteiger partial charge in [0.2, 0.25) is 5.95 Å². The molecule has 0 saturated carbocycles. The molecule has 6 rings (SSSR count). The fraction of sp³-hybridized carbons (Fsp3) is 0.318. The van der Waals surface area contributed by atoms with E-state index < -0.39 is 5.82 Å². The maximum atomic E-state index is 13.7. The van der Waals surface area contributed by atoms with Crippen molar-refractivity contribution in [3.8, 4) is 23.0 Å². The number of anilines is 1. The Morgan fingerprint density at radius 1 is 1.22 bits per heavy atom. The number of rotatable bonds is 3. The van der Waals surface area contributed by atoms with Crippen molar-refractivity contribution in [2.24, 2.45) is 0 Å². The number of imidazole rings is 1. The molecular weight excluding hydrogens is 431 g/mol. The minimum Gasteiger partial charge on any atom is -0.342 e. The highest BCUT2D eigenvalue weighted by Crippen LogP contribution is 2.49. The van der Waals surface area contributed by atoms with Crippen LogP contribution in [0.25, 0.3) is 23.0 Å². The van der Waals surface area contributed by atoms with E-state index in [1.54, 1.807) is 29.1 Å². The largest absolute Gasteiger partial charge is 0.342 e. The highest BCUT2D eigenvalue weighted by atomic mass is 35.5. The van der Waals surface area contributed by atoms with Crippen molar-refractivity contribution >= 4 is 17.4 Å². The Morgan fingerprint density at radius 2 is 2.09 bits per heavy atom. The summed E-state index contributed by atoms with van der Waals surface area (Å²) in [5.74, 6) is 3.25. The molecule has 1 aromatic carbocycles. The molecule has 0 unspecified atom stereocenters. The Morgan fingerprint density at radius 3 is 2.91 bits per heavy atom. The summed E-state index contributed by atoms with van der Waals surface area (Å²) in [4.78, 5) is 16.4.